The predicted molar refractivity (Wildman–Crippen MR) is 117 cm³/mol. The highest BCUT2D eigenvalue weighted by Crippen LogP contribution is 2.23. The fourth-order valence-electron chi connectivity index (χ4n) is 2.85. The van der Waals surface area contributed by atoms with Crippen LogP contribution in [0.15, 0.2) is 47.1 Å². The zero-order valence-corrected chi connectivity index (χ0v) is 19.3. The van der Waals surface area contributed by atoms with Crippen molar-refractivity contribution >= 4 is 28.1 Å². The summed E-state index contributed by atoms with van der Waals surface area (Å²) in [5.41, 5.74) is 0.274. The summed E-state index contributed by atoms with van der Waals surface area (Å²) in [6.07, 6.45) is 0.145. The largest absolute Gasteiger partial charge is 0.444 e. The van der Waals surface area contributed by atoms with Crippen LogP contribution in [0, 0.1) is 11.3 Å². The van der Waals surface area contributed by atoms with Gasteiger partial charge in [0.1, 0.15) is 24.0 Å². The highest BCUT2D eigenvalue weighted by molar-refractivity contribution is 9.10. The first-order chi connectivity index (χ1) is 14.6. The Morgan fingerprint density at radius 3 is 2.52 bits per heavy atom. The Morgan fingerprint density at radius 1 is 1.26 bits per heavy atom. The van der Waals surface area contributed by atoms with Gasteiger partial charge in [0.25, 0.3) is 0 Å². The van der Waals surface area contributed by atoms with Crippen molar-refractivity contribution in [2.24, 2.45) is 0 Å². The number of imide groups is 1. The zero-order chi connectivity index (χ0) is 23.0. The van der Waals surface area contributed by atoms with Gasteiger partial charge in [-0.05, 0) is 54.8 Å². The van der Waals surface area contributed by atoms with E-state index in [0.29, 0.717) is 10.2 Å². The van der Waals surface area contributed by atoms with Crippen LogP contribution in [0.4, 0.5) is 9.59 Å². The van der Waals surface area contributed by atoms with E-state index in [1.165, 1.54) is 0 Å². The number of benzene rings is 1. The topological polar surface area (TPSA) is 105 Å². The second kappa shape index (κ2) is 11.0. The summed E-state index contributed by atoms with van der Waals surface area (Å²) in [6, 6.07) is 12.2. The molecular formula is C22H26BrN3O5. The molecule has 166 valence electrons. The summed E-state index contributed by atoms with van der Waals surface area (Å²) in [5, 5.41) is 19.0. The van der Waals surface area contributed by atoms with Crippen LogP contribution in [0.2, 0.25) is 0 Å². The van der Waals surface area contributed by atoms with Crippen molar-refractivity contribution in [1.82, 2.24) is 9.47 Å². The van der Waals surface area contributed by atoms with Gasteiger partial charge in [0, 0.05) is 17.3 Å². The summed E-state index contributed by atoms with van der Waals surface area (Å²) < 4.78 is 13.0. The van der Waals surface area contributed by atoms with Crippen LogP contribution in [0.3, 0.4) is 0 Å². The van der Waals surface area contributed by atoms with Crippen LogP contribution in [-0.4, -0.2) is 45.5 Å². The van der Waals surface area contributed by atoms with Gasteiger partial charge in [-0.25, -0.2) is 14.5 Å². The van der Waals surface area contributed by atoms with Crippen LogP contribution in [0.25, 0.3) is 0 Å². The number of ether oxygens (including phenoxy) is 2. The van der Waals surface area contributed by atoms with Gasteiger partial charge in [-0.1, -0.05) is 30.3 Å². The number of aliphatic hydroxyl groups excluding tert-OH is 1. The van der Waals surface area contributed by atoms with E-state index in [-0.39, 0.29) is 26.2 Å². The molecule has 0 bridgehead atoms. The molecule has 0 unspecified atom stereocenters. The highest BCUT2D eigenvalue weighted by Gasteiger charge is 2.32. The molecule has 1 atom stereocenters. The van der Waals surface area contributed by atoms with E-state index in [1.807, 2.05) is 18.2 Å². The van der Waals surface area contributed by atoms with Crippen molar-refractivity contribution in [3.8, 4) is 6.07 Å². The van der Waals surface area contributed by atoms with E-state index >= 15 is 0 Å². The lowest BCUT2D eigenvalue weighted by Crippen LogP contribution is -2.44. The summed E-state index contributed by atoms with van der Waals surface area (Å²) in [5.74, 6) is 0. The van der Waals surface area contributed by atoms with E-state index in [4.69, 9.17) is 9.47 Å². The molecule has 31 heavy (non-hydrogen) atoms. The fraction of sp³-hybridized carbons (Fsp3) is 0.409. The van der Waals surface area contributed by atoms with Gasteiger partial charge in [-0.3, -0.25) is 0 Å². The maximum Gasteiger partial charge on any atom is 0.419 e. The second-order valence-electron chi connectivity index (χ2n) is 7.86. The second-order valence-corrected chi connectivity index (χ2v) is 8.78. The van der Waals surface area contributed by atoms with Crippen LogP contribution >= 0.6 is 15.9 Å². The van der Waals surface area contributed by atoms with Crippen molar-refractivity contribution in [1.29, 1.82) is 5.26 Å². The molecule has 9 heteroatoms. The van der Waals surface area contributed by atoms with Gasteiger partial charge in [-0.15, -0.1) is 0 Å². The minimum absolute atomic E-state index is 0.0118. The molecule has 0 aliphatic heterocycles. The standard InChI is InChI=1S/C22H26BrN3O5/c1-22(2,3)31-21(29)26(20(28)30-15-16-7-5-4-6-8-16)14-18(9-10-27)25-13-17(23)11-19(25)12-24/h4-8,11,13,18,27H,9-10,14-15H2,1-3H3/t18-/m0/s1. The fourth-order valence-corrected chi connectivity index (χ4v) is 3.29. The van der Waals surface area contributed by atoms with Gasteiger partial charge in [0.15, 0.2) is 0 Å². The van der Waals surface area contributed by atoms with Gasteiger partial charge in [0.05, 0.1) is 12.6 Å². The Bertz CT molecular complexity index is 931. The van der Waals surface area contributed by atoms with Crippen molar-refractivity contribution in [2.45, 2.75) is 45.4 Å². The molecule has 0 aliphatic rings. The first-order valence-corrected chi connectivity index (χ1v) is 10.5. The molecule has 0 saturated carbocycles. The van der Waals surface area contributed by atoms with Gasteiger partial charge >= 0.3 is 12.2 Å². The third kappa shape index (κ3) is 7.42. The minimum atomic E-state index is -0.870. The summed E-state index contributed by atoms with van der Waals surface area (Å²) >= 11 is 3.33. The molecule has 2 aromatic rings. The molecule has 0 fully saturated rings. The number of hydrogen-bond acceptors (Lipinski definition) is 6. The third-order valence-electron chi connectivity index (χ3n) is 4.22. The highest BCUT2D eigenvalue weighted by atomic mass is 79.9. The number of aromatic nitrogens is 1. The SMILES string of the molecule is CC(C)(C)OC(=O)N(C[C@H](CCO)n1cc(Br)cc1C#N)C(=O)OCc1ccccc1. The first-order valence-electron chi connectivity index (χ1n) is 9.74. The number of amides is 2. The number of nitriles is 1. The van der Waals surface area contributed by atoms with Crippen molar-refractivity contribution in [2.75, 3.05) is 13.2 Å². The normalized spacial score (nSPS) is 12.0. The Labute approximate surface area is 190 Å². The van der Waals surface area contributed by atoms with Gasteiger partial charge in [-0.2, -0.15) is 5.26 Å². The Balaban J connectivity index is 2.27. The zero-order valence-electron chi connectivity index (χ0n) is 17.7. The average Bonchev–Trinajstić information content (AvgIpc) is 3.09. The van der Waals surface area contributed by atoms with Crippen LogP contribution in [-0.2, 0) is 16.1 Å². The number of carbonyl (C=O) groups excluding carboxylic acids is 2. The Kier molecular flexibility index (Phi) is 8.65. The molecule has 1 N–H and O–H groups in total. The van der Waals surface area contributed by atoms with E-state index in [0.717, 1.165) is 10.5 Å². The minimum Gasteiger partial charge on any atom is -0.444 e. The average molecular weight is 492 g/mol. The monoisotopic (exact) mass is 491 g/mol. The number of carbonyl (C=O) groups is 2. The smallest absolute Gasteiger partial charge is 0.419 e. The van der Waals surface area contributed by atoms with Gasteiger partial charge in [0.2, 0.25) is 0 Å². The number of nitrogens with zero attached hydrogens (tertiary/aromatic N) is 3. The van der Waals surface area contributed by atoms with Crippen LogP contribution in [0.5, 0.6) is 0 Å². The van der Waals surface area contributed by atoms with Crippen LogP contribution < -0.4 is 0 Å². The van der Waals surface area contributed by atoms with E-state index in [2.05, 4.69) is 22.0 Å². The van der Waals surface area contributed by atoms with Crippen molar-refractivity contribution in [3.63, 3.8) is 0 Å². The first kappa shape index (κ1) is 24.4. The lowest BCUT2D eigenvalue weighted by molar-refractivity contribution is 0.0175. The summed E-state index contributed by atoms with van der Waals surface area (Å²) in [7, 11) is 0. The quantitative estimate of drug-likeness (QED) is 0.605. The van der Waals surface area contributed by atoms with Gasteiger partial charge < -0.3 is 19.1 Å². The maximum atomic E-state index is 12.8. The molecule has 0 saturated heterocycles. The summed E-state index contributed by atoms with van der Waals surface area (Å²) in [6.45, 7) is 4.73. The molecule has 0 radical (unpaired) electrons. The molecule has 1 aromatic heterocycles. The Hall–Kier alpha value is -2.83. The number of aliphatic hydroxyl groups is 1. The number of rotatable bonds is 7. The third-order valence-corrected chi connectivity index (χ3v) is 4.65. The van der Waals surface area contributed by atoms with E-state index in [9.17, 15) is 20.0 Å². The lowest BCUT2D eigenvalue weighted by Gasteiger charge is -2.29. The molecule has 1 heterocycles. The molecule has 0 aliphatic carbocycles. The van der Waals surface area contributed by atoms with Crippen molar-refractivity contribution < 1.29 is 24.2 Å². The van der Waals surface area contributed by atoms with Crippen LogP contribution in [0.1, 0.15) is 44.5 Å². The summed E-state index contributed by atoms with van der Waals surface area (Å²) in [4.78, 5) is 26.5. The van der Waals surface area contributed by atoms with Crippen molar-refractivity contribution in [3.05, 3.63) is 58.3 Å². The van der Waals surface area contributed by atoms with E-state index < -0.39 is 23.8 Å². The molecule has 2 rings (SSSR count). The number of halogens is 1. The lowest BCUT2D eigenvalue weighted by atomic mass is 10.2. The number of hydrogen-bond donors (Lipinski definition) is 1. The molecular weight excluding hydrogens is 466 g/mol. The predicted octanol–water partition coefficient (Wildman–Crippen LogP) is 4.62. The Morgan fingerprint density at radius 2 is 1.94 bits per heavy atom. The molecule has 8 nitrogen and oxygen atoms in total. The maximum absolute atomic E-state index is 12.8. The molecule has 0 spiro atoms. The molecule has 2 amide bonds. The molecule has 1 aromatic carbocycles. The van der Waals surface area contributed by atoms with E-state index in [1.54, 1.807) is 49.7 Å².